The number of ether oxygens (including phenoxy) is 1. The van der Waals surface area contributed by atoms with E-state index >= 15 is 0 Å². The summed E-state index contributed by atoms with van der Waals surface area (Å²) in [5.74, 6) is 0.0237. The maximum atomic E-state index is 13.6. The average Bonchev–Trinajstić information content (AvgIpc) is 3.07. The van der Waals surface area contributed by atoms with Crippen LogP contribution >= 0.6 is 0 Å². The summed E-state index contributed by atoms with van der Waals surface area (Å²) in [6.07, 6.45) is 2.71. The number of likely N-dealkylation sites (tertiary alicyclic amines) is 1. The number of rotatable bonds is 5. The number of hydrogen-bond donors (Lipinski definition) is 0. The standard InChI is InChI=1S/C30H31NO2/c1-5-13-21-20-31(27(21)28(32)33-29(2,3)4)30(22-14-7-6-8-15-22)25-18-11-9-16-23(25)24-17-10-12-19-26(24)30/h5-12,14-19,21,27H,1,13,20H2,2-4H3/t21-,27-/m1/s1. The molecule has 0 amide bonds. The molecule has 0 unspecified atom stereocenters. The van der Waals surface area contributed by atoms with Gasteiger partial charge in [-0.15, -0.1) is 6.58 Å². The van der Waals surface area contributed by atoms with E-state index in [4.69, 9.17) is 4.74 Å². The first-order chi connectivity index (χ1) is 15.9. The van der Waals surface area contributed by atoms with E-state index < -0.39 is 11.1 Å². The highest BCUT2D eigenvalue weighted by molar-refractivity contribution is 5.85. The van der Waals surface area contributed by atoms with Crippen molar-refractivity contribution in [3.63, 3.8) is 0 Å². The molecular weight excluding hydrogens is 406 g/mol. The predicted octanol–water partition coefficient (Wildman–Crippen LogP) is 6.18. The number of esters is 1. The summed E-state index contributed by atoms with van der Waals surface area (Å²) in [6, 6.07) is 27.5. The average molecular weight is 438 g/mol. The van der Waals surface area contributed by atoms with Crippen molar-refractivity contribution < 1.29 is 9.53 Å². The van der Waals surface area contributed by atoms with Gasteiger partial charge in [-0.2, -0.15) is 0 Å². The Balaban J connectivity index is 1.74. The van der Waals surface area contributed by atoms with Crippen molar-refractivity contribution in [2.24, 2.45) is 5.92 Å². The Labute approximate surface area is 196 Å². The van der Waals surface area contributed by atoms with Crippen molar-refractivity contribution in [3.05, 3.63) is 108 Å². The van der Waals surface area contributed by atoms with Crippen LogP contribution < -0.4 is 0 Å². The van der Waals surface area contributed by atoms with Crippen molar-refractivity contribution >= 4 is 5.97 Å². The van der Waals surface area contributed by atoms with Gasteiger partial charge >= 0.3 is 5.97 Å². The van der Waals surface area contributed by atoms with Gasteiger partial charge in [0.15, 0.2) is 0 Å². The lowest BCUT2D eigenvalue weighted by molar-refractivity contribution is -0.176. The normalized spacial score (nSPS) is 20.9. The Morgan fingerprint density at radius 3 is 2.06 bits per heavy atom. The van der Waals surface area contributed by atoms with E-state index in [1.54, 1.807) is 0 Å². The van der Waals surface area contributed by atoms with Gasteiger partial charge in [0.2, 0.25) is 0 Å². The van der Waals surface area contributed by atoms with Crippen LogP contribution in [0, 0.1) is 5.92 Å². The SMILES string of the molecule is C=CC[C@@H]1CN(C2(c3ccccc3)c3ccccc3-c3ccccc32)[C@H]1C(=O)OC(C)(C)C. The molecule has 5 rings (SSSR count). The number of hydrogen-bond acceptors (Lipinski definition) is 3. The first-order valence-corrected chi connectivity index (χ1v) is 11.7. The molecule has 0 N–H and O–H groups in total. The van der Waals surface area contributed by atoms with Crippen molar-refractivity contribution in [2.75, 3.05) is 6.54 Å². The number of carbonyl (C=O) groups excluding carboxylic acids is 1. The first-order valence-electron chi connectivity index (χ1n) is 11.7. The van der Waals surface area contributed by atoms with Crippen molar-refractivity contribution in [1.29, 1.82) is 0 Å². The van der Waals surface area contributed by atoms with Crippen LogP contribution in [0.5, 0.6) is 0 Å². The summed E-state index contributed by atoms with van der Waals surface area (Å²) < 4.78 is 5.95. The fraction of sp³-hybridized carbons (Fsp3) is 0.300. The molecule has 168 valence electrons. The highest BCUT2D eigenvalue weighted by atomic mass is 16.6. The van der Waals surface area contributed by atoms with Crippen LogP contribution in [0.3, 0.4) is 0 Å². The van der Waals surface area contributed by atoms with Gasteiger partial charge in [0.25, 0.3) is 0 Å². The van der Waals surface area contributed by atoms with Gasteiger partial charge in [0, 0.05) is 12.5 Å². The minimum absolute atomic E-state index is 0.155. The molecule has 0 radical (unpaired) electrons. The van der Waals surface area contributed by atoms with Crippen LogP contribution in [0.4, 0.5) is 0 Å². The molecule has 1 aliphatic heterocycles. The quantitative estimate of drug-likeness (QED) is 0.353. The number of nitrogens with zero attached hydrogens (tertiary/aromatic N) is 1. The second kappa shape index (κ2) is 8.00. The molecule has 33 heavy (non-hydrogen) atoms. The van der Waals surface area contributed by atoms with Crippen LogP contribution in [0.1, 0.15) is 43.9 Å². The summed E-state index contributed by atoms with van der Waals surface area (Å²) in [7, 11) is 0. The van der Waals surface area contributed by atoms with Crippen molar-refractivity contribution in [3.8, 4) is 11.1 Å². The van der Waals surface area contributed by atoms with Gasteiger partial charge in [-0.3, -0.25) is 9.69 Å². The fourth-order valence-corrected chi connectivity index (χ4v) is 5.71. The Morgan fingerprint density at radius 2 is 1.52 bits per heavy atom. The molecular formula is C30H31NO2. The zero-order chi connectivity index (χ0) is 23.2. The molecule has 2 aliphatic rings. The summed E-state index contributed by atoms with van der Waals surface area (Å²) in [6.45, 7) is 10.6. The monoisotopic (exact) mass is 437 g/mol. The third-order valence-corrected chi connectivity index (χ3v) is 6.88. The van der Waals surface area contributed by atoms with E-state index in [1.165, 1.54) is 27.8 Å². The maximum absolute atomic E-state index is 13.6. The molecule has 0 spiro atoms. The topological polar surface area (TPSA) is 29.5 Å². The molecule has 3 nitrogen and oxygen atoms in total. The zero-order valence-corrected chi connectivity index (χ0v) is 19.6. The van der Waals surface area contributed by atoms with Crippen LogP contribution in [0.25, 0.3) is 11.1 Å². The number of benzene rings is 3. The fourth-order valence-electron chi connectivity index (χ4n) is 5.71. The first kappa shape index (κ1) is 21.7. The van der Waals surface area contributed by atoms with Crippen molar-refractivity contribution in [1.82, 2.24) is 4.90 Å². The Morgan fingerprint density at radius 1 is 0.970 bits per heavy atom. The molecule has 3 heteroatoms. The lowest BCUT2D eigenvalue weighted by atomic mass is 9.72. The van der Waals surface area contributed by atoms with Gasteiger partial charge in [-0.25, -0.2) is 0 Å². The third kappa shape index (κ3) is 3.34. The second-order valence-electron chi connectivity index (χ2n) is 10.1. The molecule has 0 saturated carbocycles. The summed E-state index contributed by atoms with van der Waals surface area (Å²) in [5.41, 5.74) is 4.99. The van der Waals surface area contributed by atoms with E-state index in [9.17, 15) is 4.79 Å². The molecule has 0 bridgehead atoms. The van der Waals surface area contributed by atoms with Crippen LogP contribution in [-0.4, -0.2) is 29.1 Å². The molecule has 3 aromatic carbocycles. The van der Waals surface area contributed by atoms with Gasteiger partial charge in [0.05, 0.1) is 5.54 Å². The molecule has 2 atom stereocenters. The van der Waals surface area contributed by atoms with E-state index in [0.29, 0.717) is 0 Å². The zero-order valence-electron chi connectivity index (χ0n) is 19.6. The summed E-state index contributed by atoms with van der Waals surface area (Å²) in [4.78, 5) is 16.0. The Bertz CT molecular complexity index is 1150. The van der Waals surface area contributed by atoms with Crippen LogP contribution in [-0.2, 0) is 15.1 Å². The minimum atomic E-state index is -0.548. The highest BCUT2D eigenvalue weighted by Gasteiger charge is 2.59. The third-order valence-electron chi connectivity index (χ3n) is 6.88. The van der Waals surface area contributed by atoms with Gasteiger partial charge in [-0.05, 0) is 55.0 Å². The molecule has 1 fully saturated rings. The van der Waals surface area contributed by atoms with Gasteiger partial charge < -0.3 is 4.74 Å². The number of allylic oxidation sites excluding steroid dienone is 1. The smallest absolute Gasteiger partial charge is 0.324 e. The Kier molecular flexibility index (Phi) is 5.25. The molecule has 3 aromatic rings. The minimum Gasteiger partial charge on any atom is -0.459 e. The van der Waals surface area contributed by atoms with E-state index in [-0.39, 0.29) is 17.9 Å². The van der Waals surface area contributed by atoms with Gasteiger partial charge in [-0.1, -0.05) is 84.9 Å². The molecule has 1 heterocycles. The maximum Gasteiger partial charge on any atom is 0.324 e. The lowest BCUT2D eigenvalue weighted by Crippen LogP contribution is -2.68. The Hall–Kier alpha value is -3.17. The van der Waals surface area contributed by atoms with E-state index in [2.05, 4.69) is 84.3 Å². The molecule has 1 saturated heterocycles. The van der Waals surface area contributed by atoms with E-state index in [0.717, 1.165) is 13.0 Å². The summed E-state index contributed by atoms with van der Waals surface area (Å²) >= 11 is 0. The van der Waals surface area contributed by atoms with Crippen LogP contribution in [0.15, 0.2) is 91.5 Å². The number of fused-ring (bicyclic) bond motifs is 3. The number of carbonyl (C=O) groups is 1. The highest BCUT2D eigenvalue weighted by Crippen LogP contribution is 2.57. The molecule has 0 aromatic heterocycles. The van der Waals surface area contributed by atoms with Gasteiger partial charge in [0.1, 0.15) is 11.6 Å². The van der Waals surface area contributed by atoms with E-state index in [1.807, 2.05) is 32.9 Å². The molecule has 1 aliphatic carbocycles. The predicted molar refractivity (Wildman–Crippen MR) is 133 cm³/mol. The lowest BCUT2D eigenvalue weighted by Gasteiger charge is -2.56. The van der Waals surface area contributed by atoms with Crippen molar-refractivity contribution in [2.45, 2.75) is 44.4 Å². The van der Waals surface area contributed by atoms with Crippen LogP contribution in [0.2, 0.25) is 0 Å². The largest absolute Gasteiger partial charge is 0.459 e. The summed E-state index contributed by atoms with van der Waals surface area (Å²) in [5, 5.41) is 0. The second-order valence-corrected chi connectivity index (χ2v) is 10.1.